The SMILES string of the molecule is Cc1cc(CNCC2(N)CCC2)sc1C. The molecule has 0 radical (unpaired) electrons. The standard InChI is InChI=1S/C12H20N2S/c1-9-6-11(15-10(9)2)7-14-8-12(13)4-3-5-12/h6,14H,3-5,7-8,13H2,1-2H3. The monoisotopic (exact) mass is 224 g/mol. The molecule has 15 heavy (non-hydrogen) atoms. The summed E-state index contributed by atoms with van der Waals surface area (Å²) < 4.78 is 0. The molecule has 3 N–H and O–H groups in total. The van der Waals surface area contributed by atoms with Crippen molar-refractivity contribution in [3.63, 3.8) is 0 Å². The van der Waals surface area contributed by atoms with Crippen LogP contribution in [0.3, 0.4) is 0 Å². The van der Waals surface area contributed by atoms with Gasteiger partial charge in [-0.05, 0) is 44.7 Å². The van der Waals surface area contributed by atoms with Crippen LogP contribution in [0.1, 0.15) is 34.6 Å². The summed E-state index contributed by atoms with van der Waals surface area (Å²) >= 11 is 1.89. The molecule has 1 saturated carbocycles. The molecule has 2 rings (SSSR count). The summed E-state index contributed by atoms with van der Waals surface area (Å²) in [5, 5.41) is 3.47. The number of rotatable bonds is 4. The molecule has 1 fully saturated rings. The molecule has 0 unspecified atom stereocenters. The third-order valence-corrected chi connectivity index (χ3v) is 4.50. The Hall–Kier alpha value is -0.380. The minimum Gasteiger partial charge on any atom is -0.324 e. The predicted octanol–water partition coefficient (Wildman–Crippen LogP) is 2.34. The first-order chi connectivity index (χ1) is 7.09. The third-order valence-electron chi connectivity index (χ3n) is 3.34. The van der Waals surface area contributed by atoms with Gasteiger partial charge >= 0.3 is 0 Å². The van der Waals surface area contributed by atoms with Crippen molar-refractivity contribution in [1.29, 1.82) is 0 Å². The summed E-state index contributed by atoms with van der Waals surface area (Å²) in [6.45, 7) is 6.28. The normalized spacial score (nSPS) is 18.9. The molecule has 0 amide bonds. The number of thiophene rings is 1. The number of aryl methyl sites for hydroxylation is 2. The van der Waals surface area contributed by atoms with Crippen LogP contribution in [0.5, 0.6) is 0 Å². The summed E-state index contributed by atoms with van der Waals surface area (Å²) in [6.07, 6.45) is 3.67. The van der Waals surface area contributed by atoms with Crippen LogP contribution in [-0.2, 0) is 6.54 Å². The molecule has 0 saturated heterocycles. The highest BCUT2D eigenvalue weighted by Gasteiger charge is 2.31. The molecule has 0 aromatic carbocycles. The van der Waals surface area contributed by atoms with Gasteiger partial charge in [0.25, 0.3) is 0 Å². The average Bonchev–Trinajstić information content (AvgIpc) is 2.43. The zero-order chi connectivity index (χ0) is 10.9. The highest BCUT2D eigenvalue weighted by molar-refractivity contribution is 7.12. The van der Waals surface area contributed by atoms with Crippen LogP contribution in [0.25, 0.3) is 0 Å². The van der Waals surface area contributed by atoms with Gasteiger partial charge in [0.15, 0.2) is 0 Å². The Bertz CT molecular complexity index is 320. The first-order valence-electron chi connectivity index (χ1n) is 5.65. The summed E-state index contributed by atoms with van der Waals surface area (Å²) in [5.74, 6) is 0. The smallest absolute Gasteiger partial charge is 0.0300 e. The van der Waals surface area contributed by atoms with Crippen LogP contribution in [0.2, 0.25) is 0 Å². The quantitative estimate of drug-likeness (QED) is 0.824. The van der Waals surface area contributed by atoms with E-state index in [1.54, 1.807) is 0 Å². The second kappa shape index (κ2) is 4.24. The maximum absolute atomic E-state index is 6.14. The molecule has 1 aliphatic rings. The summed E-state index contributed by atoms with van der Waals surface area (Å²) in [4.78, 5) is 2.85. The number of hydrogen-bond donors (Lipinski definition) is 2. The van der Waals surface area contributed by atoms with Gasteiger partial charge in [0, 0.05) is 28.4 Å². The van der Waals surface area contributed by atoms with E-state index >= 15 is 0 Å². The highest BCUT2D eigenvalue weighted by Crippen LogP contribution is 2.28. The Morgan fingerprint density at radius 2 is 2.20 bits per heavy atom. The van der Waals surface area contributed by atoms with Crippen molar-refractivity contribution in [3.05, 3.63) is 21.4 Å². The van der Waals surface area contributed by atoms with Crippen LogP contribution in [0.15, 0.2) is 6.07 Å². The minimum atomic E-state index is 0.0986. The topological polar surface area (TPSA) is 38.0 Å². The lowest BCUT2D eigenvalue weighted by molar-refractivity contribution is 0.239. The van der Waals surface area contributed by atoms with Crippen LogP contribution >= 0.6 is 11.3 Å². The molecule has 1 aliphatic carbocycles. The van der Waals surface area contributed by atoms with Gasteiger partial charge in [-0.3, -0.25) is 0 Å². The molecule has 0 spiro atoms. The van der Waals surface area contributed by atoms with Gasteiger partial charge in [-0.1, -0.05) is 0 Å². The molecule has 0 atom stereocenters. The van der Waals surface area contributed by atoms with E-state index in [0.29, 0.717) is 0 Å². The number of nitrogens with one attached hydrogen (secondary N) is 1. The van der Waals surface area contributed by atoms with Gasteiger partial charge in [-0.15, -0.1) is 11.3 Å². The molecule has 1 heterocycles. The third kappa shape index (κ3) is 2.60. The molecule has 1 aromatic heterocycles. The number of nitrogens with two attached hydrogens (primary N) is 1. The van der Waals surface area contributed by atoms with Crippen molar-refractivity contribution in [3.8, 4) is 0 Å². The van der Waals surface area contributed by atoms with Crippen LogP contribution in [-0.4, -0.2) is 12.1 Å². The molecule has 2 nitrogen and oxygen atoms in total. The van der Waals surface area contributed by atoms with E-state index in [4.69, 9.17) is 5.73 Å². The fourth-order valence-corrected chi connectivity index (χ4v) is 3.00. The number of hydrogen-bond acceptors (Lipinski definition) is 3. The molecule has 3 heteroatoms. The van der Waals surface area contributed by atoms with E-state index < -0.39 is 0 Å². The lowest BCUT2D eigenvalue weighted by Crippen LogP contribution is -2.53. The molecule has 0 aliphatic heterocycles. The molecule has 1 aromatic rings. The van der Waals surface area contributed by atoms with Crippen LogP contribution < -0.4 is 11.1 Å². The lowest BCUT2D eigenvalue weighted by Gasteiger charge is -2.38. The van der Waals surface area contributed by atoms with Crippen LogP contribution in [0, 0.1) is 13.8 Å². The van der Waals surface area contributed by atoms with Crippen molar-refractivity contribution in [2.75, 3.05) is 6.54 Å². The van der Waals surface area contributed by atoms with Gasteiger partial charge in [0.05, 0.1) is 0 Å². The van der Waals surface area contributed by atoms with Gasteiger partial charge in [0.2, 0.25) is 0 Å². The fourth-order valence-electron chi connectivity index (χ4n) is 1.98. The van der Waals surface area contributed by atoms with Crippen molar-refractivity contribution in [2.24, 2.45) is 5.73 Å². The van der Waals surface area contributed by atoms with Crippen molar-refractivity contribution in [2.45, 2.75) is 45.2 Å². The first-order valence-corrected chi connectivity index (χ1v) is 6.46. The summed E-state index contributed by atoms with van der Waals surface area (Å²) in [5.41, 5.74) is 7.65. The summed E-state index contributed by atoms with van der Waals surface area (Å²) in [6, 6.07) is 2.27. The van der Waals surface area contributed by atoms with Gasteiger partial charge in [-0.2, -0.15) is 0 Å². The lowest BCUT2D eigenvalue weighted by atomic mass is 9.78. The predicted molar refractivity (Wildman–Crippen MR) is 66.3 cm³/mol. The maximum atomic E-state index is 6.14. The van der Waals surface area contributed by atoms with Gasteiger partial charge in [0.1, 0.15) is 0 Å². The molecule has 84 valence electrons. The Morgan fingerprint density at radius 3 is 2.67 bits per heavy atom. The summed E-state index contributed by atoms with van der Waals surface area (Å²) in [7, 11) is 0. The average molecular weight is 224 g/mol. The minimum absolute atomic E-state index is 0.0986. The zero-order valence-corrected chi connectivity index (χ0v) is 10.4. The van der Waals surface area contributed by atoms with Crippen molar-refractivity contribution < 1.29 is 0 Å². The zero-order valence-electron chi connectivity index (χ0n) is 9.60. The Balaban J connectivity index is 1.78. The second-order valence-electron chi connectivity index (χ2n) is 4.77. The van der Waals surface area contributed by atoms with Crippen molar-refractivity contribution >= 4 is 11.3 Å². The van der Waals surface area contributed by atoms with E-state index in [0.717, 1.165) is 13.1 Å². The largest absolute Gasteiger partial charge is 0.324 e. The Morgan fingerprint density at radius 1 is 1.47 bits per heavy atom. The Labute approximate surface area is 95.9 Å². The van der Waals surface area contributed by atoms with E-state index in [1.165, 1.54) is 34.6 Å². The fraction of sp³-hybridized carbons (Fsp3) is 0.667. The van der Waals surface area contributed by atoms with Gasteiger partial charge < -0.3 is 11.1 Å². The first kappa shape index (κ1) is 11.1. The second-order valence-corrected chi connectivity index (χ2v) is 6.11. The van der Waals surface area contributed by atoms with E-state index in [9.17, 15) is 0 Å². The van der Waals surface area contributed by atoms with E-state index in [1.807, 2.05) is 11.3 Å². The van der Waals surface area contributed by atoms with Gasteiger partial charge in [-0.25, -0.2) is 0 Å². The van der Waals surface area contributed by atoms with E-state index in [2.05, 4.69) is 25.2 Å². The van der Waals surface area contributed by atoms with E-state index in [-0.39, 0.29) is 5.54 Å². The highest BCUT2D eigenvalue weighted by atomic mass is 32.1. The molecular formula is C12H20N2S. The van der Waals surface area contributed by atoms with Crippen molar-refractivity contribution in [1.82, 2.24) is 5.32 Å². The molecule has 0 bridgehead atoms. The maximum Gasteiger partial charge on any atom is 0.0300 e. The molecular weight excluding hydrogens is 204 g/mol. The Kier molecular flexibility index (Phi) is 3.14. The van der Waals surface area contributed by atoms with Crippen LogP contribution in [0.4, 0.5) is 0 Å².